The SMILES string of the molecule is O=C(c1ccc2c(=O)n(-c3ccc(F)cc3)c(SCc3cccc(F)c3)nc2c1)N1CCCC1. The molecule has 0 spiro atoms. The summed E-state index contributed by atoms with van der Waals surface area (Å²) in [6.07, 6.45) is 1.97. The third-order valence-electron chi connectivity index (χ3n) is 5.82. The molecule has 1 aromatic heterocycles. The molecule has 2 heterocycles. The highest BCUT2D eigenvalue weighted by Crippen LogP contribution is 2.26. The summed E-state index contributed by atoms with van der Waals surface area (Å²) in [4.78, 5) is 32.9. The number of thioether (sulfide) groups is 1. The number of carbonyl (C=O) groups excluding carboxylic acids is 1. The molecule has 5 nitrogen and oxygen atoms in total. The van der Waals surface area contributed by atoms with E-state index in [1.807, 2.05) is 0 Å². The van der Waals surface area contributed by atoms with Crippen LogP contribution in [0.1, 0.15) is 28.8 Å². The molecule has 1 amide bonds. The number of benzene rings is 3. The van der Waals surface area contributed by atoms with Gasteiger partial charge in [-0.1, -0.05) is 23.9 Å². The quantitative estimate of drug-likeness (QED) is 0.293. The van der Waals surface area contributed by atoms with Gasteiger partial charge in [0.05, 0.1) is 16.6 Å². The molecule has 0 saturated carbocycles. The molecule has 0 bridgehead atoms. The maximum Gasteiger partial charge on any atom is 0.266 e. The van der Waals surface area contributed by atoms with Crippen LogP contribution in [0.4, 0.5) is 8.78 Å². The smallest absolute Gasteiger partial charge is 0.266 e. The molecule has 172 valence electrons. The van der Waals surface area contributed by atoms with Crippen molar-refractivity contribution in [3.63, 3.8) is 0 Å². The Morgan fingerprint density at radius 1 is 0.941 bits per heavy atom. The summed E-state index contributed by atoms with van der Waals surface area (Å²) >= 11 is 1.27. The van der Waals surface area contributed by atoms with Gasteiger partial charge in [0, 0.05) is 24.4 Å². The Labute approximate surface area is 199 Å². The first-order chi connectivity index (χ1) is 16.5. The van der Waals surface area contributed by atoms with Crippen molar-refractivity contribution < 1.29 is 13.6 Å². The fraction of sp³-hybridized carbons (Fsp3) is 0.192. The van der Waals surface area contributed by atoms with Crippen molar-refractivity contribution in [3.05, 3.63) is 99.8 Å². The van der Waals surface area contributed by atoms with Crippen LogP contribution in [0.25, 0.3) is 16.6 Å². The van der Waals surface area contributed by atoms with Crippen LogP contribution < -0.4 is 5.56 Å². The lowest BCUT2D eigenvalue weighted by Crippen LogP contribution is -2.28. The summed E-state index contributed by atoms with van der Waals surface area (Å²) in [5.74, 6) is -0.448. The summed E-state index contributed by atoms with van der Waals surface area (Å²) in [5, 5.41) is 0.733. The standard InChI is InChI=1S/C26H21F2N3O2S/c27-19-7-9-21(10-8-19)31-25(33)22-11-6-18(24(32)30-12-1-2-13-30)15-23(22)29-26(31)34-16-17-4-3-5-20(28)14-17/h3-11,14-15H,1-2,12-13,16H2. The first-order valence-corrected chi connectivity index (χ1v) is 12.0. The second kappa shape index (κ2) is 9.38. The molecule has 4 aromatic rings. The predicted molar refractivity (Wildman–Crippen MR) is 128 cm³/mol. The minimum Gasteiger partial charge on any atom is -0.339 e. The zero-order chi connectivity index (χ0) is 23.7. The molecule has 3 aromatic carbocycles. The Bertz CT molecular complexity index is 1430. The molecular formula is C26H21F2N3O2S. The average Bonchev–Trinajstić information content (AvgIpc) is 3.38. The van der Waals surface area contributed by atoms with E-state index >= 15 is 0 Å². The van der Waals surface area contributed by atoms with E-state index in [4.69, 9.17) is 4.98 Å². The van der Waals surface area contributed by atoms with Crippen LogP contribution in [0.2, 0.25) is 0 Å². The Morgan fingerprint density at radius 2 is 1.71 bits per heavy atom. The minimum atomic E-state index is -0.412. The van der Waals surface area contributed by atoms with Gasteiger partial charge in [-0.25, -0.2) is 13.8 Å². The average molecular weight is 478 g/mol. The van der Waals surface area contributed by atoms with E-state index in [2.05, 4.69) is 0 Å². The lowest BCUT2D eigenvalue weighted by molar-refractivity contribution is 0.0793. The summed E-state index contributed by atoms with van der Waals surface area (Å²) in [6, 6.07) is 16.7. The number of rotatable bonds is 5. The van der Waals surface area contributed by atoms with Crippen LogP contribution in [0.3, 0.4) is 0 Å². The van der Waals surface area contributed by atoms with Gasteiger partial charge in [-0.2, -0.15) is 0 Å². The van der Waals surface area contributed by atoms with E-state index in [1.165, 1.54) is 52.7 Å². The lowest BCUT2D eigenvalue weighted by atomic mass is 10.1. The van der Waals surface area contributed by atoms with Crippen molar-refractivity contribution in [1.29, 1.82) is 0 Å². The number of carbonyl (C=O) groups is 1. The number of fused-ring (bicyclic) bond motifs is 1. The van der Waals surface area contributed by atoms with Crippen molar-refractivity contribution in [2.75, 3.05) is 13.1 Å². The number of nitrogens with zero attached hydrogens (tertiary/aromatic N) is 3. The number of hydrogen-bond acceptors (Lipinski definition) is 4. The van der Waals surface area contributed by atoms with E-state index in [1.54, 1.807) is 35.2 Å². The first kappa shape index (κ1) is 22.3. The van der Waals surface area contributed by atoms with Crippen molar-refractivity contribution in [1.82, 2.24) is 14.5 Å². The fourth-order valence-electron chi connectivity index (χ4n) is 4.09. The second-order valence-corrected chi connectivity index (χ2v) is 9.10. The minimum absolute atomic E-state index is 0.0714. The van der Waals surface area contributed by atoms with E-state index in [0.717, 1.165) is 31.5 Å². The second-order valence-electron chi connectivity index (χ2n) is 8.16. The molecule has 1 aliphatic heterocycles. The Kier molecular flexibility index (Phi) is 6.15. The third-order valence-corrected chi connectivity index (χ3v) is 6.83. The summed E-state index contributed by atoms with van der Waals surface area (Å²) in [5.41, 5.74) is 1.79. The van der Waals surface area contributed by atoms with Gasteiger partial charge < -0.3 is 4.90 Å². The number of amides is 1. The third kappa shape index (κ3) is 4.46. The van der Waals surface area contributed by atoms with E-state index in [-0.39, 0.29) is 17.3 Å². The maximum atomic E-state index is 13.6. The predicted octanol–water partition coefficient (Wildman–Crippen LogP) is 5.19. The molecule has 0 unspecified atom stereocenters. The molecule has 0 radical (unpaired) electrons. The summed E-state index contributed by atoms with van der Waals surface area (Å²) in [7, 11) is 0. The van der Waals surface area contributed by atoms with Crippen LogP contribution in [-0.2, 0) is 5.75 Å². The van der Waals surface area contributed by atoms with E-state index in [0.29, 0.717) is 33.1 Å². The van der Waals surface area contributed by atoms with Gasteiger partial charge in [-0.05, 0) is 73.0 Å². The topological polar surface area (TPSA) is 55.2 Å². The van der Waals surface area contributed by atoms with E-state index < -0.39 is 5.82 Å². The first-order valence-electron chi connectivity index (χ1n) is 11.0. The van der Waals surface area contributed by atoms with Crippen LogP contribution in [0.5, 0.6) is 0 Å². The van der Waals surface area contributed by atoms with Gasteiger partial charge in [0.25, 0.3) is 11.5 Å². The van der Waals surface area contributed by atoms with Gasteiger partial charge in [-0.15, -0.1) is 0 Å². The zero-order valence-corrected chi connectivity index (χ0v) is 19.0. The van der Waals surface area contributed by atoms with Gasteiger partial charge >= 0.3 is 0 Å². The van der Waals surface area contributed by atoms with Crippen molar-refractivity contribution in [3.8, 4) is 5.69 Å². The lowest BCUT2D eigenvalue weighted by Gasteiger charge is -2.16. The van der Waals surface area contributed by atoms with Crippen LogP contribution >= 0.6 is 11.8 Å². The van der Waals surface area contributed by atoms with Crippen molar-refractivity contribution in [2.45, 2.75) is 23.8 Å². The molecule has 1 saturated heterocycles. The summed E-state index contributed by atoms with van der Waals surface area (Å²) in [6.45, 7) is 1.45. The molecule has 5 rings (SSSR count). The van der Waals surface area contributed by atoms with Crippen molar-refractivity contribution >= 4 is 28.6 Å². The zero-order valence-electron chi connectivity index (χ0n) is 18.2. The number of halogens is 2. The van der Waals surface area contributed by atoms with E-state index in [9.17, 15) is 18.4 Å². The van der Waals surface area contributed by atoms with Crippen LogP contribution in [-0.4, -0.2) is 33.4 Å². The van der Waals surface area contributed by atoms with Crippen LogP contribution in [0.15, 0.2) is 76.7 Å². The Hall–Kier alpha value is -3.52. The molecule has 8 heteroatoms. The molecule has 0 atom stereocenters. The van der Waals surface area contributed by atoms with Gasteiger partial charge in [-0.3, -0.25) is 14.2 Å². The molecule has 0 aliphatic carbocycles. The Morgan fingerprint density at radius 3 is 2.44 bits per heavy atom. The molecule has 1 fully saturated rings. The molecule has 0 N–H and O–H groups in total. The van der Waals surface area contributed by atoms with Crippen molar-refractivity contribution in [2.24, 2.45) is 0 Å². The summed E-state index contributed by atoms with van der Waals surface area (Å²) < 4.78 is 28.6. The highest BCUT2D eigenvalue weighted by atomic mass is 32.2. The normalized spacial score (nSPS) is 13.5. The molecular weight excluding hydrogens is 456 g/mol. The van der Waals surface area contributed by atoms with Gasteiger partial charge in [0.15, 0.2) is 5.16 Å². The highest BCUT2D eigenvalue weighted by Gasteiger charge is 2.21. The van der Waals surface area contributed by atoms with Gasteiger partial charge in [0.2, 0.25) is 0 Å². The maximum absolute atomic E-state index is 13.6. The number of likely N-dealkylation sites (tertiary alicyclic amines) is 1. The monoisotopic (exact) mass is 477 g/mol. The van der Waals surface area contributed by atoms with Crippen LogP contribution in [0, 0.1) is 11.6 Å². The molecule has 34 heavy (non-hydrogen) atoms. The fourth-order valence-corrected chi connectivity index (χ4v) is 5.05. The number of hydrogen-bond donors (Lipinski definition) is 0. The van der Waals surface area contributed by atoms with Gasteiger partial charge in [0.1, 0.15) is 11.6 Å². The Balaban J connectivity index is 1.60. The highest BCUT2D eigenvalue weighted by molar-refractivity contribution is 7.98. The molecule has 1 aliphatic rings. The number of aromatic nitrogens is 2. The largest absolute Gasteiger partial charge is 0.339 e.